The molecule has 19 heavy (non-hydrogen) atoms. The summed E-state index contributed by atoms with van der Waals surface area (Å²) >= 11 is 0. The summed E-state index contributed by atoms with van der Waals surface area (Å²) in [5.74, 6) is 1.73. The van der Waals surface area contributed by atoms with Gasteiger partial charge in [-0.15, -0.1) is 0 Å². The smallest absolute Gasteiger partial charge is 0.150 e. The van der Waals surface area contributed by atoms with Crippen LogP contribution in [0.2, 0.25) is 0 Å². The Morgan fingerprint density at radius 3 is 2.95 bits per heavy atom. The van der Waals surface area contributed by atoms with Crippen LogP contribution in [0.1, 0.15) is 25.6 Å². The monoisotopic (exact) mass is 286 g/mol. The van der Waals surface area contributed by atoms with Gasteiger partial charge in [0, 0.05) is 19.0 Å². The molecule has 1 fully saturated rings. The van der Waals surface area contributed by atoms with Crippen LogP contribution in [0.15, 0.2) is 6.33 Å². The molecule has 2 heterocycles. The van der Waals surface area contributed by atoms with E-state index in [4.69, 9.17) is 0 Å². The molecule has 0 aromatic carbocycles. The number of rotatable bonds is 6. The molecule has 0 radical (unpaired) electrons. The third-order valence-electron chi connectivity index (χ3n) is 3.74. The molecule has 1 N–H and O–H groups in total. The number of nitrogens with zero attached hydrogens (tertiary/aromatic N) is 3. The lowest BCUT2D eigenvalue weighted by Crippen LogP contribution is -2.37. The minimum absolute atomic E-state index is 0.150. The van der Waals surface area contributed by atoms with Gasteiger partial charge in [0.1, 0.15) is 12.2 Å². The van der Waals surface area contributed by atoms with Gasteiger partial charge in [-0.25, -0.2) is 13.4 Å². The highest BCUT2D eigenvalue weighted by molar-refractivity contribution is 7.91. The van der Waals surface area contributed by atoms with Crippen molar-refractivity contribution in [1.29, 1.82) is 0 Å². The van der Waals surface area contributed by atoms with Crippen LogP contribution in [0.3, 0.4) is 0 Å². The summed E-state index contributed by atoms with van der Waals surface area (Å²) in [6.45, 7) is 2.96. The van der Waals surface area contributed by atoms with Crippen molar-refractivity contribution in [3.8, 4) is 0 Å². The molecular formula is C12H22N4O2S. The highest BCUT2D eigenvalue weighted by Crippen LogP contribution is 2.23. The molecule has 0 spiro atoms. The molecule has 7 heteroatoms. The average Bonchev–Trinajstić information content (AvgIpc) is 2.93. The van der Waals surface area contributed by atoms with Gasteiger partial charge in [0.25, 0.3) is 0 Å². The maximum Gasteiger partial charge on any atom is 0.150 e. The van der Waals surface area contributed by atoms with Crippen LogP contribution in [-0.4, -0.2) is 47.8 Å². The molecule has 1 aliphatic rings. The van der Waals surface area contributed by atoms with Gasteiger partial charge in [0.15, 0.2) is 9.84 Å². The van der Waals surface area contributed by atoms with Crippen molar-refractivity contribution >= 4 is 9.84 Å². The first-order valence-corrected chi connectivity index (χ1v) is 8.62. The third kappa shape index (κ3) is 3.54. The molecule has 0 saturated carbocycles. The first kappa shape index (κ1) is 14.5. The van der Waals surface area contributed by atoms with Gasteiger partial charge in [0.2, 0.25) is 0 Å². The van der Waals surface area contributed by atoms with Crippen LogP contribution >= 0.6 is 0 Å². The van der Waals surface area contributed by atoms with Gasteiger partial charge in [-0.3, -0.25) is 4.68 Å². The zero-order valence-electron chi connectivity index (χ0n) is 11.5. The van der Waals surface area contributed by atoms with Crippen LogP contribution in [0.5, 0.6) is 0 Å². The molecule has 2 atom stereocenters. The first-order chi connectivity index (χ1) is 9.05. The van der Waals surface area contributed by atoms with Gasteiger partial charge in [0.05, 0.1) is 11.5 Å². The zero-order valence-corrected chi connectivity index (χ0v) is 12.4. The Kier molecular flexibility index (Phi) is 4.57. The van der Waals surface area contributed by atoms with E-state index in [1.54, 1.807) is 6.33 Å². The van der Waals surface area contributed by atoms with E-state index >= 15 is 0 Å². The lowest BCUT2D eigenvalue weighted by atomic mass is 9.96. The predicted octanol–water partition coefficient (Wildman–Crippen LogP) is 0.253. The van der Waals surface area contributed by atoms with Crippen LogP contribution < -0.4 is 5.32 Å². The van der Waals surface area contributed by atoms with Crippen molar-refractivity contribution in [3.05, 3.63) is 12.2 Å². The topological polar surface area (TPSA) is 76.9 Å². The number of aryl methyl sites for hydroxylation is 1. The summed E-state index contributed by atoms with van der Waals surface area (Å²) in [6, 6.07) is 0.150. The Bertz CT molecular complexity index is 512. The Morgan fingerprint density at radius 2 is 2.37 bits per heavy atom. The normalized spacial score (nSPS) is 23.6. The summed E-state index contributed by atoms with van der Waals surface area (Å²) in [5.41, 5.74) is 0. The Hall–Kier alpha value is -0.950. The van der Waals surface area contributed by atoms with Crippen molar-refractivity contribution in [2.45, 2.75) is 38.8 Å². The average molecular weight is 286 g/mol. The van der Waals surface area contributed by atoms with Crippen molar-refractivity contribution in [1.82, 2.24) is 20.1 Å². The highest BCUT2D eigenvalue weighted by atomic mass is 32.2. The van der Waals surface area contributed by atoms with Crippen LogP contribution in [0.4, 0.5) is 0 Å². The van der Waals surface area contributed by atoms with E-state index in [9.17, 15) is 8.42 Å². The van der Waals surface area contributed by atoms with Crippen molar-refractivity contribution in [2.24, 2.45) is 5.92 Å². The fraction of sp³-hybridized carbons (Fsp3) is 0.833. The lowest BCUT2D eigenvalue weighted by Gasteiger charge is -2.21. The number of hydrogen-bond acceptors (Lipinski definition) is 5. The summed E-state index contributed by atoms with van der Waals surface area (Å²) in [7, 11) is -0.948. The second kappa shape index (κ2) is 6.00. The molecule has 0 aliphatic carbocycles. The lowest BCUT2D eigenvalue weighted by molar-refractivity contribution is 0.388. The summed E-state index contributed by atoms with van der Waals surface area (Å²) < 4.78 is 25.1. The number of aromatic nitrogens is 3. The molecule has 1 saturated heterocycles. The van der Waals surface area contributed by atoms with Gasteiger partial charge in [-0.2, -0.15) is 5.10 Å². The molecule has 2 rings (SSSR count). The van der Waals surface area contributed by atoms with E-state index in [1.165, 1.54) is 0 Å². The maximum absolute atomic E-state index is 11.6. The highest BCUT2D eigenvalue weighted by Gasteiger charge is 2.33. The summed E-state index contributed by atoms with van der Waals surface area (Å²) in [6.07, 6.45) is 4.06. The predicted molar refractivity (Wildman–Crippen MR) is 73.6 cm³/mol. The molecule has 0 amide bonds. The minimum atomic E-state index is -2.83. The summed E-state index contributed by atoms with van der Waals surface area (Å²) in [4.78, 5) is 4.29. The molecular weight excluding hydrogens is 264 g/mol. The van der Waals surface area contributed by atoms with Crippen molar-refractivity contribution < 1.29 is 8.42 Å². The second-order valence-corrected chi connectivity index (χ2v) is 7.39. The molecule has 108 valence electrons. The van der Waals surface area contributed by atoms with Crippen LogP contribution in [0, 0.1) is 5.92 Å². The standard InChI is InChI=1S/C12H22N4O2S/c1-3-5-16-12(14-9-15-16)7-11(13-2)10-4-6-19(17,18)8-10/h9-11,13H,3-8H2,1-2H3. The van der Waals surface area contributed by atoms with Gasteiger partial charge < -0.3 is 5.32 Å². The molecule has 6 nitrogen and oxygen atoms in total. The number of sulfone groups is 1. The van der Waals surface area contributed by atoms with Gasteiger partial charge in [-0.05, 0) is 25.8 Å². The zero-order chi connectivity index (χ0) is 13.9. The molecule has 2 unspecified atom stereocenters. The number of hydrogen-bond donors (Lipinski definition) is 1. The minimum Gasteiger partial charge on any atom is -0.316 e. The van der Waals surface area contributed by atoms with E-state index in [0.29, 0.717) is 11.5 Å². The second-order valence-electron chi connectivity index (χ2n) is 5.16. The largest absolute Gasteiger partial charge is 0.316 e. The Balaban J connectivity index is 2.05. The fourth-order valence-electron chi connectivity index (χ4n) is 2.69. The Morgan fingerprint density at radius 1 is 1.58 bits per heavy atom. The van der Waals surface area contributed by atoms with Crippen molar-refractivity contribution in [3.63, 3.8) is 0 Å². The van der Waals surface area contributed by atoms with E-state index in [1.807, 2.05) is 11.7 Å². The van der Waals surface area contributed by atoms with E-state index in [2.05, 4.69) is 22.3 Å². The van der Waals surface area contributed by atoms with E-state index in [-0.39, 0.29) is 12.0 Å². The van der Waals surface area contributed by atoms with Crippen LogP contribution in [-0.2, 0) is 22.8 Å². The number of likely N-dealkylation sites (N-methyl/N-ethyl adjacent to an activating group) is 1. The fourth-order valence-corrected chi connectivity index (χ4v) is 4.57. The van der Waals surface area contributed by atoms with E-state index in [0.717, 1.165) is 31.6 Å². The van der Waals surface area contributed by atoms with Gasteiger partial charge in [-0.1, -0.05) is 6.92 Å². The quantitative estimate of drug-likeness (QED) is 0.811. The van der Waals surface area contributed by atoms with E-state index < -0.39 is 9.84 Å². The molecule has 1 aromatic heterocycles. The van der Waals surface area contributed by atoms with Crippen LogP contribution in [0.25, 0.3) is 0 Å². The SMILES string of the molecule is CCCn1ncnc1CC(NC)C1CCS(=O)(=O)C1. The van der Waals surface area contributed by atoms with Crippen molar-refractivity contribution in [2.75, 3.05) is 18.6 Å². The Labute approximate surface area is 114 Å². The first-order valence-electron chi connectivity index (χ1n) is 6.80. The molecule has 0 bridgehead atoms. The third-order valence-corrected chi connectivity index (χ3v) is 5.53. The molecule has 1 aromatic rings. The van der Waals surface area contributed by atoms with Gasteiger partial charge >= 0.3 is 0 Å². The number of nitrogens with one attached hydrogen (secondary N) is 1. The maximum atomic E-state index is 11.6. The molecule has 1 aliphatic heterocycles. The summed E-state index contributed by atoms with van der Waals surface area (Å²) in [5, 5.41) is 7.45.